The van der Waals surface area contributed by atoms with Gasteiger partial charge in [0, 0.05) is 0 Å². The van der Waals surface area contributed by atoms with Crippen LogP contribution in [0.3, 0.4) is 0 Å². The molecule has 2 aromatic rings. The van der Waals surface area contributed by atoms with E-state index in [1.807, 2.05) is 30.3 Å². The Bertz CT molecular complexity index is 590. The van der Waals surface area contributed by atoms with Crippen LogP contribution in [0.15, 0.2) is 66.2 Å². The van der Waals surface area contributed by atoms with E-state index in [-0.39, 0.29) is 0 Å². The van der Waals surface area contributed by atoms with Crippen LogP contribution >= 0.6 is 12.2 Å². The van der Waals surface area contributed by atoms with Gasteiger partial charge in [-0.05, 0) is 53.9 Å². The quantitative estimate of drug-likeness (QED) is 0.411. The second-order valence-corrected chi connectivity index (χ2v) is 4.46. The molecule has 0 spiro atoms. The largest absolute Gasteiger partial charge is 0.195 e. The van der Waals surface area contributed by atoms with Gasteiger partial charge in [0.25, 0.3) is 0 Å². The molecule has 19 heavy (non-hydrogen) atoms. The lowest BCUT2D eigenvalue weighted by atomic mass is 10.0. The number of hydrogen-bond acceptors (Lipinski definition) is 2. The maximum Gasteiger partial charge on any atom is 0.0739 e. The van der Waals surface area contributed by atoms with Crippen LogP contribution in [0.25, 0.3) is 11.1 Å². The van der Waals surface area contributed by atoms with E-state index in [1.54, 1.807) is 0 Å². The molecule has 2 aromatic carbocycles. The molecule has 0 N–H and O–H groups in total. The van der Waals surface area contributed by atoms with Gasteiger partial charge in [-0.25, -0.2) is 0 Å². The molecule has 0 aromatic heterocycles. The van der Waals surface area contributed by atoms with Crippen molar-refractivity contribution in [3.8, 4) is 11.1 Å². The Morgan fingerprint density at radius 1 is 1.00 bits per heavy atom. The van der Waals surface area contributed by atoms with Gasteiger partial charge in [0.1, 0.15) is 0 Å². The van der Waals surface area contributed by atoms with Crippen molar-refractivity contribution in [1.82, 2.24) is 0 Å². The molecule has 0 heterocycles. The van der Waals surface area contributed by atoms with Crippen LogP contribution in [-0.2, 0) is 6.42 Å². The Morgan fingerprint density at radius 3 is 2.11 bits per heavy atom. The molecular formula is C17H15NS. The number of isothiocyanates is 1. The normalized spacial score (nSPS) is 9.68. The third kappa shape index (κ3) is 3.72. The van der Waals surface area contributed by atoms with Gasteiger partial charge >= 0.3 is 0 Å². The van der Waals surface area contributed by atoms with Gasteiger partial charge in [-0.3, -0.25) is 0 Å². The zero-order valence-electron chi connectivity index (χ0n) is 10.7. The van der Waals surface area contributed by atoms with E-state index in [2.05, 4.69) is 53.2 Å². The number of thiocarbonyl (C=S) groups is 1. The summed E-state index contributed by atoms with van der Waals surface area (Å²) in [5.74, 6) is 0. The maximum atomic E-state index is 4.59. The predicted molar refractivity (Wildman–Crippen MR) is 85.1 cm³/mol. The lowest BCUT2D eigenvalue weighted by Crippen LogP contribution is -1.83. The first-order valence-corrected chi connectivity index (χ1v) is 6.62. The van der Waals surface area contributed by atoms with Crippen molar-refractivity contribution < 1.29 is 0 Å². The average Bonchev–Trinajstić information content (AvgIpc) is 2.47. The number of hydrogen-bond donors (Lipinski definition) is 0. The third-order valence-corrected chi connectivity index (χ3v) is 3.06. The number of nitrogens with zero attached hydrogens (tertiary/aromatic N) is 1. The summed E-state index contributed by atoms with van der Waals surface area (Å²) in [6.45, 7) is 3.74. The van der Waals surface area contributed by atoms with Gasteiger partial charge in [0.2, 0.25) is 0 Å². The Morgan fingerprint density at radius 2 is 1.58 bits per heavy atom. The van der Waals surface area contributed by atoms with E-state index < -0.39 is 0 Å². The Hall–Kier alpha value is -2.02. The molecule has 2 heteroatoms. The summed E-state index contributed by atoms with van der Waals surface area (Å²) in [6, 6.07) is 16.6. The number of aliphatic imine (C=N–C) groups is 1. The van der Waals surface area contributed by atoms with Crippen LogP contribution in [0.4, 0.5) is 5.69 Å². The highest BCUT2D eigenvalue weighted by molar-refractivity contribution is 7.78. The van der Waals surface area contributed by atoms with Gasteiger partial charge in [-0.2, -0.15) is 4.99 Å². The lowest BCUT2D eigenvalue weighted by Gasteiger charge is -2.04. The monoisotopic (exact) mass is 265 g/mol. The first kappa shape index (κ1) is 13.4. The average molecular weight is 265 g/mol. The van der Waals surface area contributed by atoms with E-state index in [0.29, 0.717) is 0 Å². The SMILES string of the molecule is C=CCCc1ccc(-c2ccc(N=C=S)cc2)cc1. The van der Waals surface area contributed by atoms with Crippen molar-refractivity contribution in [3.63, 3.8) is 0 Å². The number of benzene rings is 2. The van der Waals surface area contributed by atoms with Crippen molar-refractivity contribution in [2.45, 2.75) is 12.8 Å². The summed E-state index contributed by atoms with van der Waals surface area (Å²) in [7, 11) is 0. The summed E-state index contributed by atoms with van der Waals surface area (Å²) in [5, 5.41) is 2.37. The van der Waals surface area contributed by atoms with Crippen LogP contribution in [0.5, 0.6) is 0 Å². The van der Waals surface area contributed by atoms with Gasteiger partial charge in [0.05, 0.1) is 10.8 Å². The smallest absolute Gasteiger partial charge is 0.0739 e. The van der Waals surface area contributed by atoms with Crippen molar-refractivity contribution in [3.05, 3.63) is 66.7 Å². The lowest BCUT2D eigenvalue weighted by molar-refractivity contribution is 1.00. The minimum absolute atomic E-state index is 0.835. The zero-order valence-corrected chi connectivity index (χ0v) is 11.5. The fourth-order valence-electron chi connectivity index (χ4n) is 1.91. The topological polar surface area (TPSA) is 12.4 Å². The summed E-state index contributed by atoms with van der Waals surface area (Å²) in [6.07, 6.45) is 4.01. The van der Waals surface area contributed by atoms with E-state index >= 15 is 0 Å². The second kappa shape index (κ2) is 6.79. The maximum absolute atomic E-state index is 4.59. The molecule has 0 aliphatic rings. The van der Waals surface area contributed by atoms with Crippen LogP contribution in [-0.4, -0.2) is 5.16 Å². The van der Waals surface area contributed by atoms with Crippen molar-refractivity contribution >= 4 is 23.1 Å². The number of aryl methyl sites for hydroxylation is 1. The predicted octanol–water partition coefficient (Wildman–Crippen LogP) is 5.21. The van der Waals surface area contributed by atoms with Gasteiger partial charge < -0.3 is 0 Å². The Kier molecular flexibility index (Phi) is 4.79. The minimum atomic E-state index is 0.835. The molecule has 0 bridgehead atoms. The molecule has 2 rings (SSSR count). The van der Waals surface area contributed by atoms with E-state index in [9.17, 15) is 0 Å². The fourth-order valence-corrected chi connectivity index (χ4v) is 2.02. The standard InChI is InChI=1S/C17H15NS/c1-2-3-4-14-5-7-15(8-6-14)16-9-11-17(12-10-16)18-13-19/h2,5-12H,1,3-4H2. The molecule has 0 unspecified atom stereocenters. The van der Waals surface area contributed by atoms with Crippen LogP contribution in [0.2, 0.25) is 0 Å². The minimum Gasteiger partial charge on any atom is -0.195 e. The molecule has 0 aliphatic carbocycles. The highest BCUT2D eigenvalue weighted by Crippen LogP contribution is 2.23. The van der Waals surface area contributed by atoms with Gasteiger partial charge in [-0.1, -0.05) is 42.5 Å². The molecule has 0 radical (unpaired) electrons. The van der Waals surface area contributed by atoms with Gasteiger partial charge in [0.15, 0.2) is 0 Å². The van der Waals surface area contributed by atoms with E-state index in [1.165, 1.54) is 16.7 Å². The van der Waals surface area contributed by atoms with Crippen molar-refractivity contribution in [1.29, 1.82) is 0 Å². The third-order valence-electron chi connectivity index (χ3n) is 2.97. The summed E-state index contributed by atoms with van der Waals surface area (Å²) in [4.78, 5) is 3.94. The molecule has 0 atom stereocenters. The molecule has 94 valence electrons. The molecular weight excluding hydrogens is 250 g/mol. The van der Waals surface area contributed by atoms with E-state index in [0.717, 1.165) is 18.5 Å². The summed E-state index contributed by atoms with van der Waals surface area (Å²) < 4.78 is 0. The molecule has 1 nitrogen and oxygen atoms in total. The van der Waals surface area contributed by atoms with Gasteiger partial charge in [-0.15, -0.1) is 6.58 Å². The van der Waals surface area contributed by atoms with Crippen molar-refractivity contribution in [2.24, 2.45) is 4.99 Å². The summed E-state index contributed by atoms with van der Waals surface area (Å²) >= 11 is 4.59. The first-order chi connectivity index (χ1) is 9.33. The van der Waals surface area contributed by atoms with Crippen LogP contribution in [0, 0.1) is 0 Å². The second-order valence-electron chi connectivity index (χ2n) is 4.27. The number of allylic oxidation sites excluding steroid dienone is 1. The first-order valence-electron chi connectivity index (χ1n) is 6.21. The molecule has 0 saturated heterocycles. The highest BCUT2D eigenvalue weighted by atomic mass is 32.1. The zero-order chi connectivity index (χ0) is 13.5. The van der Waals surface area contributed by atoms with Crippen molar-refractivity contribution in [2.75, 3.05) is 0 Å². The fraction of sp³-hybridized carbons (Fsp3) is 0.118. The number of rotatable bonds is 5. The molecule has 0 saturated carbocycles. The molecule has 0 amide bonds. The van der Waals surface area contributed by atoms with Crippen LogP contribution < -0.4 is 0 Å². The van der Waals surface area contributed by atoms with Crippen LogP contribution in [0.1, 0.15) is 12.0 Å². The highest BCUT2D eigenvalue weighted by Gasteiger charge is 1.98. The Labute approximate surface area is 119 Å². The Balaban J connectivity index is 2.17. The molecule has 0 fully saturated rings. The summed E-state index contributed by atoms with van der Waals surface area (Å²) in [5.41, 5.74) is 4.56. The molecule has 0 aliphatic heterocycles. The van der Waals surface area contributed by atoms with E-state index in [4.69, 9.17) is 0 Å².